The fraction of sp³-hybridized carbons (Fsp3) is 0.917. The highest BCUT2D eigenvalue weighted by atomic mass is 19.3. The van der Waals surface area contributed by atoms with Crippen molar-refractivity contribution in [1.82, 2.24) is 4.90 Å². The Hall–Kier alpha value is -0.870. The molecule has 0 bridgehead atoms. The minimum absolute atomic E-state index is 0.0579. The quantitative estimate of drug-likeness (QED) is 0.658. The fourth-order valence-corrected chi connectivity index (χ4v) is 2.73. The van der Waals surface area contributed by atoms with E-state index in [-0.39, 0.29) is 30.8 Å². The number of ether oxygens (including phenoxy) is 1. The molecule has 1 aliphatic carbocycles. The highest BCUT2D eigenvalue weighted by Crippen LogP contribution is 2.46. The van der Waals surface area contributed by atoms with Crippen LogP contribution in [0.5, 0.6) is 0 Å². The molecule has 5 heteroatoms. The summed E-state index contributed by atoms with van der Waals surface area (Å²) in [6.45, 7) is 6.23. The predicted molar refractivity (Wildman–Crippen MR) is 59.0 cm³/mol. The first kappa shape index (κ1) is 12.6. The number of amides is 1. The van der Waals surface area contributed by atoms with E-state index in [2.05, 4.69) is 0 Å². The third-order valence-electron chi connectivity index (χ3n) is 3.35. The maximum absolute atomic E-state index is 13.1. The molecule has 1 saturated heterocycles. The average Bonchev–Trinajstić information content (AvgIpc) is 2.53. The van der Waals surface area contributed by atoms with Crippen LogP contribution >= 0.6 is 0 Å². The molecule has 0 spiro atoms. The van der Waals surface area contributed by atoms with E-state index in [1.807, 2.05) is 0 Å². The Balaban J connectivity index is 1.91. The van der Waals surface area contributed by atoms with Gasteiger partial charge in [-0.1, -0.05) is 0 Å². The summed E-state index contributed by atoms with van der Waals surface area (Å²) in [5.41, 5.74) is -0.529. The molecule has 0 radical (unpaired) electrons. The van der Waals surface area contributed by atoms with E-state index >= 15 is 0 Å². The molecule has 0 N–H and O–H groups in total. The molecule has 2 fully saturated rings. The van der Waals surface area contributed by atoms with Crippen LogP contribution in [0.1, 0.15) is 33.6 Å². The fourth-order valence-electron chi connectivity index (χ4n) is 2.73. The average molecular weight is 247 g/mol. The second kappa shape index (κ2) is 3.82. The largest absolute Gasteiger partial charge is 0.444 e. The molecule has 1 heterocycles. The summed E-state index contributed by atoms with van der Waals surface area (Å²) in [6.07, 6.45) is -0.552. The summed E-state index contributed by atoms with van der Waals surface area (Å²) in [6, 6.07) is 0. The zero-order valence-electron chi connectivity index (χ0n) is 10.5. The van der Waals surface area contributed by atoms with Crippen LogP contribution in [0.3, 0.4) is 0 Å². The molecular formula is C12H19F2NO2. The van der Waals surface area contributed by atoms with Crippen molar-refractivity contribution in [1.29, 1.82) is 0 Å². The first-order valence-electron chi connectivity index (χ1n) is 6.02. The van der Waals surface area contributed by atoms with Gasteiger partial charge in [0, 0.05) is 25.9 Å². The molecule has 2 rings (SSSR count). The molecule has 98 valence electrons. The Morgan fingerprint density at radius 1 is 1.24 bits per heavy atom. The van der Waals surface area contributed by atoms with Gasteiger partial charge in [-0.15, -0.1) is 0 Å². The lowest BCUT2D eigenvalue weighted by Gasteiger charge is -2.25. The molecule has 3 nitrogen and oxygen atoms in total. The number of rotatable bonds is 0. The Morgan fingerprint density at radius 3 is 2.12 bits per heavy atom. The van der Waals surface area contributed by atoms with Gasteiger partial charge in [-0.25, -0.2) is 13.6 Å². The van der Waals surface area contributed by atoms with E-state index in [1.165, 1.54) is 0 Å². The smallest absolute Gasteiger partial charge is 0.410 e. The van der Waals surface area contributed by atoms with Gasteiger partial charge in [-0.3, -0.25) is 0 Å². The lowest BCUT2D eigenvalue weighted by Crippen LogP contribution is -2.36. The van der Waals surface area contributed by atoms with Gasteiger partial charge in [0.25, 0.3) is 0 Å². The van der Waals surface area contributed by atoms with Crippen LogP contribution in [0.2, 0.25) is 0 Å². The van der Waals surface area contributed by atoms with Crippen molar-refractivity contribution in [2.45, 2.75) is 45.1 Å². The van der Waals surface area contributed by atoms with Crippen molar-refractivity contribution in [3.8, 4) is 0 Å². The van der Waals surface area contributed by atoms with E-state index in [4.69, 9.17) is 4.74 Å². The molecule has 0 aromatic carbocycles. The maximum Gasteiger partial charge on any atom is 0.410 e. The number of nitrogens with zero attached hydrogens (tertiary/aromatic N) is 1. The number of likely N-dealkylation sites (tertiary alicyclic amines) is 1. The standard InChI is InChI=1S/C12H19F2NO2/c1-11(2,3)17-10(16)15-6-8-4-12(13,14)5-9(8)7-15/h8-9H,4-7H2,1-3H3. The number of carbonyl (C=O) groups excluding carboxylic acids is 1. The van der Waals surface area contributed by atoms with Crippen molar-refractivity contribution >= 4 is 6.09 Å². The molecule has 2 aliphatic rings. The molecule has 0 aromatic heterocycles. The van der Waals surface area contributed by atoms with Crippen LogP contribution in [0.15, 0.2) is 0 Å². The van der Waals surface area contributed by atoms with E-state index in [9.17, 15) is 13.6 Å². The molecule has 2 unspecified atom stereocenters. The van der Waals surface area contributed by atoms with Crippen LogP contribution < -0.4 is 0 Å². The second-order valence-corrected chi connectivity index (χ2v) is 6.17. The van der Waals surface area contributed by atoms with Gasteiger partial charge >= 0.3 is 6.09 Å². The zero-order valence-corrected chi connectivity index (χ0v) is 10.5. The van der Waals surface area contributed by atoms with E-state index in [1.54, 1.807) is 25.7 Å². The second-order valence-electron chi connectivity index (χ2n) is 6.17. The topological polar surface area (TPSA) is 29.5 Å². The van der Waals surface area contributed by atoms with Crippen molar-refractivity contribution < 1.29 is 18.3 Å². The SMILES string of the molecule is CC(C)(C)OC(=O)N1CC2CC(F)(F)CC2C1. The molecular weight excluding hydrogens is 228 g/mol. The predicted octanol–water partition coefficient (Wildman–Crippen LogP) is 2.90. The van der Waals surface area contributed by atoms with Crippen LogP contribution in [-0.4, -0.2) is 35.6 Å². The van der Waals surface area contributed by atoms with E-state index < -0.39 is 11.5 Å². The highest BCUT2D eigenvalue weighted by molar-refractivity contribution is 5.68. The van der Waals surface area contributed by atoms with Gasteiger partial charge in [0.05, 0.1) is 0 Å². The van der Waals surface area contributed by atoms with Gasteiger partial charge in [-0.2, -0.15) is 0 Å². The molecule has 1 saturated carbocycles. The van der Waals surface area contributed by atoms with Crippen molar-refractivity contribution in [2.75, 3.05) is 13.1 Å². The minimum atomic E-state index is -2.53. The summed E-state index contributed by atoms with van der Waals surface area (Å²) < 4.78 is 31.5. The normalized spacial score (nSPS) is 31.5. The summed E-state index contributed by atoms with van der Waals surface area (Å²) in [5, 5.41) is 0. The molecule has 2 atom stereocenters. The molecule has 0 aromatic rings. The first-order valence-corrected chi connectivity index (χ1v) is 6.02. The number of carbonyl (C=O) groups is 1. The van der Waals surface area contributed by atoms with Gasteiger partial charge < -0.3 is 9.64 Å². The Bertz CT molecular complexity index is 309. The third-order valence-corrected chi connectivity index (χ3v) is 3.35. The van der Waals surface area contributed by atoms with Crippen molar-refractivity contribution in [2.24, 2.45) is 11.8 Å². The minimum Gasteiger partial charge on any atom is -0.444 e. The van der Waals surface area contributed by atoms with Crippen LogP contribution in [0.4, 0.5) is 13.6 Å². The van der Waals surface area contributed by atoms with Gasteiger partial charge in [0.1, 0.15) is 5.60 Å². The van der Waals surface area contributed by atoms with Gasteiger partial charge in [0.15, 0.2) is 0 Å². The van der Waals surface area contributed by atoms with Crippen LogP contribution in [-0.2, 0) is 4.74 Å². The number of halogens is 2. The van der Waals surface area contributed by atoms with Gasteiger partial charge in [0.2, 0.25) is 5.92 Å². The van der Waals surface area contributed by atoms with E-state index in [0.29, 0.717) is 13.1 Å². The first-order chi connectivity index (χ1) is 7.66. The number of fused-ring (bicyclic) bond motifs is 1. The summed E-state index contributed by atoms with van der Waals surface area (Å²) in [5.74, 6) is -2.65. The molecule has 1 aliphatic heterocycles. The summed E-state index contributed by atoms with van der Waals surface area (Å²) in [7, 11) is 0. The monoisotopic (exact) mass is 247 g/mol. The Labute approximate surface area is 100 Å². The Morgan fingerprint density at radius 2 is 1.71 bits per heavy atom. The van der Waals surface area contributed by atoms with E-state index in [0.717, 1.165) is 0 Å². The Kier molecular flexibility index (Phi) is 2.83. The van der Waals surface area contributed by atoms with Crippen LogP contribution in [0.25, 0.3) is 0 Å². The number of hydrogen-bond acceptors (Lipinski definition) is 2. The lowest BCUT2D eigenvalue weighted by molar-refractivity contribution is -0.00696. The highest BCUT2D eigenvalue weighted by Gasteiger charge is 2.51. The lowest BCUT2D eigenvalue weighted by atomic mass is 10.0. The third kappa shape index (κ3) is 2.87. The van der Waals surface area contributed by atoms with Gasteiger partial charge in [-0.05, 0) is 32.6 Å². The maximum atomic E-state index is 13.1. The van der Waals surface area contributed by atoms with Crippen molar-refractivity contribution in [3.63, 3.8) is 0 Å². The van der Waals surface area contributed by atoms with Crippen molar-refractivity contribution in [3.05, 3.63) is 0 Å². The number of alkyl halides is 2. The van der Waals surface area contributed by atoms with Crippen LogP contribution in [0, 0.1) is 11.8 Å². The zero-order chi connectivity index (χ0) is 12.8. The summed E-state index contributed by atoms with van der Waals surface area (Å²) >= 11 is 0. The number of hydrogen-bond donors (Lipinski definition) is 0. The summed E-state index contributed by atoms with van der Waals surface area (Å²) in [4.78, 5) is 13.3. The molecule has 17 heavy (non-hydrogen) atoms. The molecule has 1 amide bonds.